The van der Waals surface area contributed by atoms with Crippen LogP contribution in [0.25, 0.3) is 0 Å². The molecule has 1 unspecified atom stereocenters. The highest BCUT2D eigenvalue weighted by Crippen LogP contribution is 2.53. The van der Waals surface area contributed by atoms with Crippen LogP contribution in [0.15, 0.2) is 18.2 Å². The van der Waals surface area contributed by atoms with Crippen LogP contribution in [0.2, 0.25) is 0 Å². The summed E-state index contributed by atoms with van der Waals surface area (Å²) in [5, 5.41) is 0. The van der Waals surface area contributed by atoms with Crippen LogP contribution < -0.4 is 22.0 Å². The zero-order valence-corrected chi connectivity index (χ0v) is 13.9. The van der Waals surface area contributed by atoms with Crippen LogP contribution in [0.1, 0.15) is 43.2 Å². The van der Waals surface area contributed by atoms with Gasteiger partial charge >= 0.3 is 0 Å². The lowest BCUT2D eigenvalue weighted by Gasteiger charge is -2.56. The van der Waals surface area contributed by atoms with Gasteiger partial charge in [-0.3, -0.25) is 0 Å². The first kappa shape index (κ1) is 15.2. The summed E-state index contributed by atoms with van der Waals surface area (Å²) in [4.78, 5) is 1.77. The van der Waals surface area contributed by atoms with Crippen molar-refractivity contribution in [2.75, 3.05) is 20.7 Å². The van der Waals surface area contributed by atoms with Gasteiger partial charge in [0, 0.05) is 24.2 Å². The van der Waals surface area contributed by atoms with Crippen molar-refractivity contribution >= 4 is 0 Å². The molecule has 0 aromatic heterocycles. The molecular formula is C18H26ClNO. The SMILES string of the molecule is COc1ccc2c(c1)[C@@]13CCCC[C@H]1[C@@H](C2)[NH+](C)CC3.[Cl-]. The minimum Gasteiger partial charge on any atom is -1.00 e. The molecule has 2 aliphatic carbocycles. The summed E-state index contributed by atoms with van der Waals surface area (Å²) in [6.07, 6.45) is 8.35. The molecule has 4 rings (SSSR count). The Labute approximate surface area is 134 Å². The maximum atomic E-state index is 5.51. The van der Waals surface area contributed by atoms with Crippen LogP contribution >= 0.6 is 0 Å². The lowest BCUT2D eigenvalue weighted by Crippen LogP contribution is -3.16. The molecule has 1 aliphatic heterocycles. The number of hydrogen-bond acceptors (Lipinski definition) is 1. The number of likely N-dealkylation sites (tertiary alicyclic amines) is 1. The van der Waals surface area contributed by atoms with Gasteiger partial charge in [0.05, 0.1) is 26.7 Å². The number of halogens is 1. The number of piperidine rings is 1. The minimum absolute atomic E-state index is 0. The van der Waals surface area contributed by atoms with Gasteiger partial charge < -0.3 is 22.0 Å². The van der Waals surface area contributed by atoms with E-state index in [-0.39, 0.29) is 12.4 Å². The summed E-state index contributed by atoms with van der Waals surface area (Å²) in [6, 6.07) is 7.71. The molecule has 2 fully saturated rings. The molecule has 1 heterocycles. The largest absolute Gasteiger partial charge is 1.00 e. The third-order valence-electron chi connectivity index (χ3n) is 6.48. The number of fused-ring (bicyclic) bond motifs is 1. The predicted octanol–water partition coefficient (Wildman–Crippen LogP) is -1.03. The van der Waals surface area contributed by atoms with Gasteiger partial charge in [0.1, 0.15) is 5.75 Å². The maximum absolute atomic E-state index is 5.51. The lowest BCUT2D eigenvalue weighted by molar-refractivity contribution is -0.919. The second kappa shape index (κ2) is 5.48. The Bertz CT molecular complexity index is 532. The molecular weight excluding hydrogens is 282 g/mol. The highest BCUT2D eigenvalue weighted by atomic mass is 35.5. The second-order valence-corrected chi connectivity index (χ2v) is 7.19. The van der Waals surface area contributed by atoms with Gasteiger partial charge in [-0.1, -0.05) is 18.9 Å². The third-order valence-corrected chi connectivity index (χ3v) is 6.48. The van der Waals surface area contributed by atoms with Crippen molar-refractivity contribution in [3.05, 3.63) is 29.3 Å². The molecule has 3 aliphatic rings. The molecule has 1 aromatic rings. The number of ether oxygens (including phenoxy) is 1. The fraction of sp³-hybridized carbons (Fsp3) is 0.667. The highest BCUT2D eigenvalue weighted by molar-refractivity contribution is 5.44. The summed E-state index contributed by atoms with van der Waals surface area (Å²) in [5.74, 6) is 1.96. The fourth-order valence-corrected chi connectivity index (χ4v) is 5.46. The number of rotatable bonds is 1. The van der Waals surface area contributed by atoms with Gasteiger partial charge in [-0.15, -0.1) is 0 Å². The van der Waals surface area contributed by atoms with E-state index in [1.165, 1.54) is 45.1 Å². The van der Waals surface area contributed by atoms with Gasteiger partial charge in [-0.25, -0.2) is 0 Å². The summed E-state index contributed by atoms with van der Waals surface area (Å²) in [7, 11) is 4.21. The van der Waals surface area contributed by atoms with Crippen molar-refractivity contribution in [2.45, 2.75) is 50.0 Å². The molecule has 0 amide bonds. The van der Waals surface area contributed by atoms with E-state index >= 15 is 0 Å². The van der Waals surface area contributed by atoms with Crippen LogP contribution in [-0.2, 0) is 11.8 Å². The summed E-state index contributed by atoms with van der Waals surface area (Å²) in [5.41, 5.74) is 3.73. The molecule has 2 nitrogen and oxygen atoms in total. The van der Waals surface area contributed by atoms with Crippen LogP contribution in [0.3, 0.4) is 0 Å². The summed E-state index contributed by atoms with van der Waals surface area (Å²) < 4.78 is 5.51. The summed E-state index contributed by atoms with van der Waals surface area (Å²) >= 11 is 0. The Kier molecular flexibility index (Phi) is 3.96. The number of quaternary nitrogens is 1. The predicted molar refractivity (Wildman–Crippen MR) is 80.5 cm³/mol. The Hall–Kier alpha value is -0.730. The maximum Gasteiger partial charge on any atom is 0.119 e. The van der Waals surface area contributed by atoms with E-state index in [9.17, 15) is 0 Å². The van der Waals surface area contributed by atoms with E-state index in [1.807, 2.05) is 0 Å². The monoisotopic (exact) mass is 307 g/mol. The minimum atomic E-state index is 0. The Morgan fingerprint density at radius 3 is 2.90 bits per heavy atom. The average Bonchev–Trinajstić information content (AvgIpc) is 2.50. The first-order valence-corrected chi connectivity index (χ1v) is 8.24. The molecule has 1 saturated carbocycles. The molecule has 2 bridgehead atoms. The molecule has 0 radical (unpaired) electrons. The molecule has 21 heavy (non-hydrogen) atoms. The third kappa shape index (κ3) is 2.10. The zero-order chi connectivity index (χ0) is 13.7. The molecule has 4 atom stereocenters. The van der Waals surface area contributed by atoms with Crippen molar-refractivity contribution < 1.29 is 22.0 Å². The topological polar surface area (TPSA) is 13.7 Å². The quantitative estimate of drug-likeness (QED) is 0.701. The first-order valence-electron chi connectivity index (χ1n) is 8.24. The number of benzene rings is 1. The van der Waals surface area contributed by atoms with Crippen molar-refractivity contribution in [2.24, 2.45) is 5.92 Å². The molecule has 1 saturated heterocycles. The Morgan fingerprint density at radius 2 is 2.10 bits per heavy atom. The molecule has 1 aromatic carbocycles. The van der Waals surface area contributed by atoms with E-state index in [2.05, 4.69) is 25.2 Å². The number of hydrogen-bond donors (Lipinski definition) is 1. The molecule has 3 heteroatoms. The molecule has 116 valence electrons. The van der Waals surface area contributed by atoms with Crippen LogP contribution in [0.5, 0.6) is 5.75 Å². The van der Waals surface area contributed by atoms with Crippen LogP contribution in [0.4, 0.5) is 0 Å². The number of likely N-dealkylation sites (N-methyl/N-ethyl adjacent to an activating group) is 1. The smallest absolute Gasteiger partial charge is 0.119 e. The number of nitrogens with one attached hydrogen (secondary N) is 1. The van der Waals surface area contributed by atoms with Gasteiger partial charge in [0.2, 0.25) is 0 Å². The Morgan fingerprint density at radius 1 is 1.24 bits per heavy atom. The van der Waals surface area contributed by atoms with Crippen molar-refractivity contribution in [1.29, 1.82) is 0 Å². The van der Waals surface area contributed by atoms with Gasteiger partial charge in [-0.05, 0) is 36.1 Å². The second-order valence-electron chi connectivity index (χ2n) is 7.19. The van der Waals surface area contributed by atoms with E-state index < -0.39 is 0 Å². The molecule has 1 N–H and O–H groups in total. The summed E-state index contributed by atoms with van der Waals surface area (Å²) in [6.45, 7) is 1.35. The van der Waals surface area contributed by atoms with Crippen LogP contribution in [0, 0.1) is 5.92 Å². The standard InChI is InChI=1S/C18H25NO.ClH/c1-19-10-9-18-8-4-3-5-15(18)17(19)11-13-6-7-14(20-2)12-16(13)18;/h6-7,12,15,17H,3-5,8-11H2,1-2H3;1H/t15-,17+,18+;/m0./s1. The van der Waals surface area contributed by atoms with Gasteiger partial charge in [-0.2, -0.15) is 0 Å². The van der Waals surface area contributed by atoms with E-state index in [1.54, 1.807) is 23.1 Å². The Balaban J connectivity index is 0.00000132. The fourth-order valence-electron chi connectivity index (χ4n) is 5.46. The van der Waals surface area contributed by atoms with Gasteiger partial charge in [0.15, 0.2) is 0 Å². The van der Waals surface area contributed by atoms with Crippen molar-refractivity contribution in [3.63, 3.8) is 0 Å². The normalized spacial score (nSPS) is 37.0. The van der Waals surface area contributed by atoms with E-state index in [0.717, 1.165) is 17.7 Å². The average molecular weight is 308 g/mol. The van der Waals surface area contributed by atoms with Crippen molar-refractivity contribution in [1.82, 2.24) is 0 Å². The van der Waals surface area contributed by atoms with E-state index in [4.69, 9.17) is 4.74 Å². The van der Waals surface area contributed by atoms with Crippen LogP contribution in [-0.4, -0.2) is 26.7 Å². The zero-order valence-electron chi connectivity index (χ0n) is 13.1. The highest BCUT2D eigenvalue weighted by Gasteiger charge is 2.55. The van der Waals surface area contributed by atoms with Crippen molar-refractivity contribution in [3.8, 4) is 5.75 Å². The lowest BCUT2D eigenvalue weighted by atomic mass is 9.52. The van der Waals surface area contributed by atoms with Gasteiger partial charge in [0.25, 0.3) is 0 Å². The molecule has 0 spiro atoms. The van der Waals surface area contributed by atoms with E-state index in [0.29, 0.717) is 5.41 Å². The first-order chi connectivity index (χ1) is 9.74. The number of methoxy groups -OCH3 is 1.